The molecular formula is C19H21NO4. The molecule has 0 bridgehead atoms. The van der Waals surface area contributed by atoms with Gasteiger partial charge < -0.3 is 19.9 Å². The highest BCUT2D eigenvalue weighted by Crippen LogP contribution is 2.44. The molecule has 1 atom stereocenters. The first-order valence-electron chi connectivity index (χ1n) is 7.96. The van der Waals surface area contributed by atoms with Crippen LogP contribution in [0.5, 0.6) is 0 Å². The number of hydrogen-bond acceptors (Lipinski definition) is 4. The molecule has 1 aliphatic rings. The van der Waals surface area contributed by atoms with Crippen molar-refractivity contribution in [2.24, 2.45) is 0 Å². The van der Waals surface area contributed by atoms with Crippen molar-refractivity contribution in [2.75, 3.05) is 26.9 Å². The summed E-state index contributed by atoms with van der Waals surface area (Å²) in [6.45, 7) is 0.295. The molecule has 2 aromatic rings. The van der Waals surface area contributed by atoms with Crippen molar-refractivity contribution < 1.29 is 19.4 Å². The lowest BCUT2D eigenvalue weighted by atomic mass is 9.98. The van der Waals surface area contributed by atoms with Crippen LogP contribution in [0.1, 0.15) is 17.0 Å². The summed E-state index contributed by atoms with van der Waals surface area (Å²) < 4.78 is 10.3. The number of hydrogen-bond donors (Lipinski definition) is 2. The van der Waals surface area contributed by atoms with Crippen LogP contribution in [0.3, 0.4) is 0 Å². The highest BCUT2D eigenvalue weighted by molar-refractivity contribution is 5.79. The van der Waals surface area contributed by atoms with Crippen LogP contribution in [0, 0.1) is 0 Å². The smallest absolute Gasteiger partial charge is 0.407 e. The van der Waals surface area contributed by atoms with Gasteiger partial charge in [0.2, 0.25) is 0 Å². The lowest BCUT2D eigenvalue weighted by Crippen LogP contribution is -2.41. The molecule has 0 radical (unpaired) electrons. The molecule has 5 heteroatoms. The molecule has 0 aliphatic heterocycles. The van der Waals surface area contributed by atoms with E-state index < -0.39 is 12.1 Å². The third kappa shape index (κ3) is 3.27. The molecule has 0 heterocycles. The summed E-state index contributed by atoms with van der Waals surface area (Å²) in [4.78, 5) is 12.0. The highest BCUT2D eigenvalue weighted by atomic mass is 16.5. The van der Waals surface area contributed by atoms with Crippen LogP contribution >= 0.6 is 0 Å². The van der Waals surface area contributed by atoms with E-state index in [4.69, 9.17) is 9.47 Å². The zero-order valence-corrected chi connectivity index (χ0v) is 13.6. The van der Waals surface area contributed by atoms with Gasteiger partial charge in [-0.3, -0.25) is 0 Å². The minimum atomic E-state index is -0.548. The predicted molar refractivity (Wildman–Crippen MR) is 91.0 cm³/mol. The van der Waals surface area contributed by atoms with Gasteiger partial charge in [0.05, 0.1) is 19.3 Å². The highest BCUT2D eigenvalue weighted by Gasteiger charge is 2.29. The van der Waals surface area contributed by atoms with E-state index in [0.29, 0.717) is 0 Å². The van der Waals surface area contributed by atoms with Gasteiger partial charge in [-0.15, -0.1) is 0 Å². The number of nitrogens with one attached hydrogen (secondary N) is 1. The Kier molecular flexibility index (Phi) is 5.13. The Morgan fingerprint density at radius 3 is 2.25 bits per heavy atom. The van der Waals surface area contributed by atoms with Gasteiger partial charge in [0.1, 0.15) is 6.61 Å². The zero-order valence-electron chi connectivity index (χ0n) is 13.6. The third-order valence-corrected chi connectivity index (χ3v) is 4.25. The van der Waals surface area contributed by atoms with Gasteiger partial charge in [-0.1, -0.05) is 48.5 Å². The first-order chi connectivity index (χ1) is 11.7. The molecule has 5 nitrogen and oxygen atoms in total. The second kappa shape index (κ2) is 7.47. The van der Waals surface area contributed by atoms with Crippen molar-refractivity contribution in [2.45, 2.75) is 12.0 Å². The number of alkyl carbamates (subject to hydrolysis) is 1. The van der Waals surface area contributed by atoms with Crippen molar-refractivity contribution >= 4 is 6.09 Å². The quantitative estimate of drug-likeness (QED) is 0.855. The standard InChI is InChI=1S/C19H21NO4/c1-23-11-13(10-21)20-19(22)24-12-18-16-8-4-2-6-14(16)15-7-3-5-9-17(15)18/h2-9,13,18,21H,10-12H2,1H3,(H,20,22)/t13-/m0/s1. The number of benzene rings is 2. The van der Waals surface area contributed by atoms with Gasteiger partial charge in [-0.25, -0.2) is 4.79 Å². The van der Waals surface area contributed by atoms with Crippen molar-refractivity contribution in [3.63, 3.8) is 0 Å². The SMILES string of the molecule is COC[C@H](CO)NC(=O)OCC1c2ccccc2-c2ccccc21. The van der Waals surface area contributed by atoms with Crippen LogP contribution in [-0.4, -0.2) is 44.2 Å². The largest absolute Gasteiger partial charge is 0.449 e. The number of carbonyl (C=O) groups is 1. The molecule has 0 fully saturated rings. The van der Waals surface area contributed by atoms with Crippen LogP contribution in [0.2, 0.25) is 0 Å². The first-order valence-corrected chi connectivity index (χ1v) is 7.96. The molecule has 2 aromatic carbocycles. The summed E-state index contributed by atoms with van der Waals surface area (Å²) in [7, 11) is 1.52. The molecule has 0 aromatic heterocycles. The van der Waals surface area contributed by atoms with E-state index in [1.807, 2.05) is 24.3 Å². The molecule has 1 aliphatic carbocycles. The summed E-state index contributed by atoms with van der Waals surface area (Å²) in [6.07, 6.45) is -0.548. The predicted octanol–water partition coefficient (Wildman–Crippen LogP) is 2.53. The molecular weight excluding hydrogens is 306 g/mol. The third-order valence-electron chi connectivity index (χ3n) is 4.25. The minimum Gasteiger partial charge on any atom is -0.449 e. The summed E-state index contributed by atoms with van der Waals surface area (Å²) >= 11 is 0. The Morgan fingerprint density at radius 2 is 1.71 bits per heavy atom. The van der Waals surface area contributed by atoms with Crippen molar-refractivity contribution in [1.82, 2.24) is 5.32 Å². The Hall–Kier alpha value is -2.37. The number of amides is 1. The zero-order chi connectivity index (χ0) is 16.9. The first kappa shape index (κ1) is 16.5. The van der Waals surface area contributed by atoms with Crippen LogP contribution < -0.4 is 5.32 Å². The molecule has 24 heavy (non-hydrogen) atoms. The van der Waals surface area contributed by atoms with Crippen molar-refractivity contribution in [3.05, 3.63) is 59.7 Å². The summed E-state index contributed by atoms with van der Waals surface area (Å²) in [5.41, 5.74) is 4.72. The maximum absolute atomic E-state index is 12.0. The summed E-state index contributed by atoms with van der Waals surface area (Å²) in [6, 6.07) is 15.9. The van der Waals surface area contributed by atoms with Crippen LogP contribution in [0.15, 0.2) is 48.5 Å². The number of fused-ring (bicyclic) bond motifs is 3. The van der Waals surface area contributed by atoms with Gasteiger partial charge in [0.25, 0.3) is 0 Å². The number of aliphatic hydroxyl groups excluding tert-OH is 1. The van der Waals surface area contributed by atoms with Crippen molar-refractivity contribution in [3.8, 4) is 11.1 Å². The summed E-state index contributed by atoms with van der Waals surface area (Å²) in [5.74, 6) is 0.0261. The fourth-order valence-electron chi connectivity index (χ4n) is 3.15. The van der Waals surface area contributed by atoms with E-state index in [2.05, 4.69) is 29.6 Å². The number of aliphatic hydroxyl groups is 1. The number of ether oxygens (including phenoxy) is 2. The van der Waals surface area contributed by atoms with Crippen LogP contribution in [-0.2, 0) is 9.47 Å². The molecule has 0 saturated carbocycles. The van der Waals surface area contributed by atoms with E-state index in [0.717, 1.165) is 0 Å². The Labute approximate surface area is 141 Å². The number of carbonyl (C=O) groups excluding carboxylic acids is 1. The normalized spacial score (nSPS) is 13.9. The van der Waals surface area contributed by atoms with Gasteiger partial charge in [0.15, 0.2) is 0 Å². The minimum absolute atomic E-state index is 0.0261. The molecule has 126 valence electrons. The van der Waals surface area contributed by atoms with E-state index in [1.165, 1.54) is 29.4 Å². The van der Waals surface area contributed by atoms with Gasteiger partial charge in [0, 0.05) is 13.0 Å². The Morgan fingerprint density at radius 1 is 1.12 bits per heavy atom. The second-order valence-corrected chi connectivity index (χ2v) is 5.80. The Bertz CT molecular complexity index is 671. The second-order valence-electron chi connectivity index (χ2n) is 5.80. The monoisotopic (exact) mass is 327 g/mol. The molecule has 3 rings (SSSR count). The molecule has 1 amide bonds. The van der Waals surface area contributed by atoms with E-state index in [9.17, 15) is 9.90 Å². The Balaban J connectivity index is 1.70. The fraction of sp³-hybridized carbons (Fsp3) is 0.316. The fourth-order valence-corrected chi connectivity index (χ4v) is 3.15. The van der Waals surface area contributed by atoms with E-state index in [1.54, 1.807) is 0 Å². The van der Waals surface area contributed by atoms with Gasteiger partial charge in [-0.2, -0.15) is 0 Å². The lowest BCUT2D eigenvalue weighted by molar-refractivity contribution is 0.105. The average molecular weight is 327 g/mol. The topological polar surface area (TPSA) is 67.8 Å². The number of methoxy groups -OCH3 is 1. The van der Waals surface area contributed by atoms with Gasteiger partial charge >= 0.3 is 6.09 Å². The van der Waals surface area contributed by atoms with Crippen LogP contribution in [0.4, 0.5) is 4.79 Å². The van der Waals surface area contributed by atoms with Crippen molar-refractivity contribution in [1.29, 1.82) is 0 Å². The maximum atomic E-state index is 12.0. The summed E-state index contributed by atoms with van der Waals surface area (Å²) in [5, 5.41) is 11.8. The van der Waals surface area contributed by atoms with E-state index in [-0.39, 0.29) is 25.7 Å². The van der Waals surface area contributed by atoms with E-state index >= 15 is 0 Å². The van der Waals surface area contributed by atoms with Gasteiger partial charge in [-0.05, 0) is 22.3 Å². The maximum Gasteiger partial charge on any atom is 0.407 e. The lowest BCUT2D eigenvalue weighted by Gasteiger charge is -2.17. The molecule has 0 saturated heterocycles. The number of rotatable bonds is 6. The molecule has 0 unspecified atom stereocenters. The van der Waals surface area contributed by atoms with Crippen LogP contribution in [0.25, 0.3) is 11.1 Å². The average Bonchev–Trinajstić information content (AvgIpc) is 2.93. The molecule has 2 N–H and O–H groups in total. The molecule has 0 spiro atoms.